The number of nitrogens with one attached hydrogen (secondary N) is 1. The van der Waals surface area contributed by atoms with Gasteiger partial charge in [-0.05, 0) is 49.1 Å². The Morgan fingerprint density at radius 3 is 2.84 bits per heavy atom. The Labute approximate surface area is 183 Å². The Hall–Kier alpha value is -2.60. The highest BCUT2D eigenvalue weighted by molar-refractivity contribution is 7.91. The van der Waals surface area contributed by atoms with Crippen LogP contribution in [0.15, 0.2) is 51.3 Å². The van der Waals surface area contributed by atoms with Crippen LogP contribution in [0.2, 0.25) is 0 Å². The quantitative estimate of drug-likeness (QED) is 0.369. The molecule has 9 nitrogen and oxygen atoms in total. The third-order valence-corrected chi connectivity index (χ3v) is 8.27. The number of rotatable bonds is 9. The normalized spacial score (nSPS) is 14.5. The third-order valence-electron chi connectivity index (χ3n) is 5.22. The van der Waals surface area contributed by atoms with E-state index >= 15 is 0 Å². The summed E-state index contributed by atoms with van der Waals surface area (Å²) in [7, 11) is -3.55. The van der Waals surface area contributed by atoms with E-state index in [9.17, 15) is 13.3 Å². The van der Waals surface area contributed by atoms with Gasteiger partial charge >= 0.3 is 5.69 Å². The molecule has 0 amide bonds. The van der Waals surface area contributed by atoms with Gasteiger partial charge in [-0.25, -0.2) is 18.3 Å². The third kappa shape index (κ3) is 5.18. The molecule has 1 aromatic carbocycles. The molecule has 31 heavy (non-hydrogen) atoms. The molecule has 0 atom stereocenters. The molecule has 3 heterocycles. The van der Waals surface area contributed by atoms with Gasteiger partial charge in [0.15, 0.2) is 5.76 Å². The van der Waals surface area contributed by atoms with Crippen molar-refractivity contribution in [3.8, 4) is 10.6 Å². The molecule has 1 aliphatic heterocycles. The predicted molar refractivity (Wildman–Crippen MR) is 115 cm³/mol. The van der Waals surface area contributed by atoms with Gasteiger partial charge in [-0.2, -0.15) is 0 Å². The van der Waals surface area contributed by atoms with Crippen LogP contribution >= 0.6 is 11.3 Å². The Balaban J connectivity index is 1.23. The van der Waals surface area contributed by atoms with Gasteiger partial charge in [-0.1, -0.05) is 11.2 Å². The number of thiophene rings is 1. The second kappa shape index (κ2) is 9.27. The average molecular weight is 464 g/mol. The summed E-state index contributed by atoms with van der Waals surface area (Å²) < 4.78 is 33.0. The van der Waals surface area contributed by atoms with E-state index in [-0.39, 0.29) is 14.8 Å². The highest BCUT2D eigenvalue weighted by atomic mass is 32.2. The van der Waals surface area contributed by atoms with E-state index in [0.717, 1.165) is 42.8 Å². The molecule has 4 rings (SSSR count). The number of benzene rings is 1. The van der Waals surface area contributed by atoms with Gasteiger partial charge in [-0.15, -0.1) is 11.3 Å². The number of aromatic nitrogens is 1. The van der Waals surface area contributed by atoms with Crippen LogP contribution in [0.25, 0.3) is 10.6 Å². The molecule has 164 valence electrons. The first-order valence-corrected chi connectivity index (χ1v) is 12.2. The maximum absolute atomic E-state index is 12.5. The van der Waals surface area contributed by atoms with E-state index in [2.05, 4.69) is 14.8 Å². The lowest BCUT2D eigenvalue weighted by atomic mass is 9.99. The minimum atomic E-state index is -3.55. The summed E-state index contributed by atoms with van der Waals surface area (Å²) in [6.07, 6.45) is 3.97. The van der Waals surface area contributed by atoms with E-state index in [4.69, 9.17) is 9.73 Å². The fraction of sp³-hybridized carbons (Fsp3) is 0.350. The lowest BCUT2D eigenvalue weighted by molar-refractivity contribution is -0.729. The Bertz CT molecular complexity index is 1160. The number of fused-ring (bicyclic) bond motifs is 1. The van der Waals surface area contributed by atoms with Gasteiger partial charge in [0.1, 0.15) is 4.21 Å². The molecule has 2 N–H and O–H groups in total. The van der Waals surface area contributed by atoms with Crippen molar-refractivity contribution in [2.24, 2.45) is 0 Å². The fourth-order valence-corrected chi connectivity index (χ4v) is 5.97. The number of hydrogen-bond acceptors (Lipinski definition) is 7. The SMILES string of the molecule is O=[N+](O)c1ccc2c(c1)CN(CCCCNS(=O)(=O)c1ccc(-c3ccno3)s1)CC2. The molecule has 0 aliphatic carbocycles. The maximum atomic E-state index is 12.5. The first kappa shape index (κ1) is 21.6. The van der Waals surface area contributed by atoms with Crippen molar-refractivity contribution in [1.29, 1.82) is 0 Å². The summed E-state index contributed by atoms with van der Waals surface area (Å²) in [5.41, 5.74) is 2.46. The summed E-state index contributed by atoms with van der Waals surface area (Å²) >= 11 is 1.14. The van der Waals surface area contributed by atoms with Crippen molar-refractivity contribution in [2.75, 3.05) is 19.6 Å². The zero-order valence-corrected chi connectivity index (χ0v) is 18.4. The van der Waals surface area contributed by atoms with Crippen molar-refractivity contribution in [3.05, 3.63) is 58.6 Å². The summed E-state index contributed by atoms with van der Waals surface area (Å²) in [5, 5.41) is 12.7. The standard InChI is InChI=1S/C20H23N4O5S2/c25-24(26)17-4-3-15-8-12-23(14-16(15)13-17)11-2-1-9-22-31(27,28)20-6-5-19(30-20)18-7-10-21-29-18/h3-7,10,13,22H,1-2,8-9,11-12,14H2,(H,25,26)/q+1. The molecule has 0 saturated carbocycles. The summed E-state index contributed by atoms with van der Waals surface area (Å²) in [6.45, 7) is 2.82. The molecule has 0 fully saturated rings. The predicted octanol–water partition coefficient (Wildman–Crippen LogP) is 3.32. The molecule has 0 bridgehead atoms. The Kier molecular flexibility index (Phi) is 6.46. The van der Waals surface area contributed by atoms with E-state index in [1.54, 1.807) is 30.3 Å². The molecular formula is C20H23N4O5S2+. The minimum absolute atomic E-state index is 0.118. The van der Waals surface area contributed by atoms with Crippen molar-refractivity contribution >= 4 is 27.0 Å². The second-order valence-corrected chi connectivity index (χ2v) is 10.4. The number of hydrogen-bond donors (Lipinski definition) is 2. The monoisotopic (exact) mass is 463 g/mol. The number of unbranched alkanes of at least 4 members (excludes halogenated alkanes) is 1. The largest absolute Gasteiger partial charge is 0.355 e. The first-order chi connectivity index (χ1) is 14.9. The number of sulfonamides is 1. The lowest BCUT2D eigenvalue weighted by Crippen LogP contribution is -2.32. The zero-order valence-electron chi connectivity index (χ0n) is 16.7. The molecular weight excluding hydrogens is 440 g/mol. The highest BCUT2D eigenvalue weighted by Gasteiger charge is 2.21. The smallest absolute Gasteiger partial charge is 0.316 e. The lowest BCUT2D eigenvalue weighted by Gasteiger charge is -2.28. The minimum Gasteiger partial charge on any atom is -0.355 e. The van der Waals surface area contributed by atoms with Gasteiger partial charge < -0.3 is 4.52 Å². The maximum Gasteiger partial charge on any atom is 0.316 e. The van der Waals surface area contributed by atoms with Gasteiger partial charge in [0.25, 0.3) is 4.92 Å². The van der Waals surface area contributed by atoms with Crippen LogP contribution in [0.1, 0.15) is 24.0 Å². The van der Waals surface area contributed by atoms with Crippen molar-refractivity contribution in [1.82, 2.24) is 14.8 Å². The summed E-state index contributed by atoms with van der Waals surface area (Å²) in [5.74, 6) is 0.545. The van der Waals surface area contributed by atoms with Crippen LogP contribution in [-0.4, -0.2) is 48.2 Å². The van der Waals surface area contributed by atoms with Gasteiger partial charge in [0.05, 0.1) is 16.0 Å². The van der Waals surface area contributed by atoms with Gasteiger partial charge in [0, 0.05) is 37.8 Å². The van der Waals surface area contributed by atoms with Crippen LogP contribution in [0, 0.1) is 4.91 Å². The van der Waals surface area contributed by atoms with Crippen LogP contribution in [0.5, 0.6) is 0 Å². The topological polar surface area (TPSA) is 116 Å². The Morgan fingerprint density at radius 1 is 1.19 bits per heavy atom. The van der Waals surface area contributed by atoms with E-state index in [1.165, 1.54) is 11.8 Å². The number of nitrogens with zero attached hydrogens (tertiary/aromatic N) is 3. The molecule has 0 spiro atoms. The second-order valence-electron chi connectivity index (χ2n) is 7.35. The van der Waals surface area contributed by atoms with Gasteiger partial charge in [-0.3, -0.25) is 4.90 Å². The molecule has 0 saturated heterocycles. The van der Waals surface area contributed by atoms with Crippen molar-refractivity contribution in [3.63, 3.8) is 0 Å². The molecule has 0 unspecified atom stereocenters. The molecule has 1 aliphatic rings. The van der Waals surface area contributed by atoms with Gasteiger partial charge in [0.2, 0.25) is 10.0 Å². The average Bonchev–Trinajstić information content (AvgIpc) is 3.45. The van der Waals surface area contributed by atoms with Crippen LogP contribution in [0.4, 0.5) is 5.69 Å². The van der Waals surface area contributed by atoms with Crippen LogP contribution < -0.4 is 4.72 Å². The van der Waals surface area contributed by atoms with E-state index in [0.29, 0.717) is 30.1 Å². The van der Waals surface area contributed by atoms with E-state index in [1.807, 2.05) is 6.07 Å². The van der Waals surface area contributed by atoms with E-state index < -0.39 is 10.0 Å². The fourth-order valence-electron chi connectivity index (χ4n) is 3.59. The van der Waals surface area contributed by atoms with Crippen LogP contribution in [0.3, 0.4) is 0 Å². The highest BCUT2D eigenvalue weighted by Crippen LogP contribution is 2.30. The summed E-state index contributed by atoms with van der Waals surface area (Å²) in [6, 6.07) is 10.2. The van der Waals surface area contributed by atoms with Crippen molar-refractivity contribution in [2.45, 2.75) is 30.0 Å². The Morgan fingerprint density at radius 2 is 2.06 bits per heavy atom. The zero-order chi connectivity index (χ0) is 21.8. The molecule has 11 heteroatoms. The molecule has 0 radical (unpaired) electrons. The molecule has 3 aromatic rings. The summed E-state index contributed by atoms with van der Waals surface area (Å²) in [4.78, 5) is 14.0. The van der Waals surface area contributed by atoms with Crippen LogP contribution in [-0.2, 0) is 23.0 Å². The van der Waals surface area contributed by atoms with Crippen molar-refractivity contribution < 1.29 is 23.1 Å². The molecule has 2 aromatic heterocycles. The first-order valence-electron chi connectivity index (χ1n) is 9.93.